The number of carbonyl (C=O) groups excluding carboxylic acids is 2. The highest BCUT2D eigenvalue weighted by Gasteiger charge is 2.35. The number of thioether (sulfide) groups is 1. The Hall–Kier alpha value is -3.11. The Morgan fingerprint density at radius 2 is 2.03 bits per heavy atom. The third-order valence-electron chi connectivity index (χ3n) is 4.26. The summed E-state index contributed by atoms with van der Waals surface area (Å²) in [6.45, 7) is 3.86. The molecule has 0 N–H and O–H groups in total. The molecule has 0 aliphatic carbocycles. The van der Waals surface area contributed by atoms with Gasteiger partial charge in [0, 0.05) is 16.6 Å². The van der Waals surface area contributed by atoms with Crippen molar-refractivity contribution >= 4 is 50.6 Å². The number of methoxy groups -OCH3 is 1. The van der Waals surface area contributed by atoms with Crippen LogP contribution in [0.2, 0.25) is 0 Å². The first kappa shape index (κ1) is 22.6. The van der Waals surface area contributed by atoms with Crippen molar-refractivity contribution in [3.63, 3.8) is 0 Å². The first-order valence-electron chi connectivity index (χ1n) is 8.94. The first-order chi connectivity index (χ1) is 14.8. The Morgan fingerprint density at radius 3 is 2.71 bits per heavy atom. The summed E-state index contributed by atoms with van der Waals surface area (Å²) in [6.07, 6.45) is 3.20. The van der Waals surface area contributed by atoms with Gasteiger partial charge in [-0.3, -0.25) is 24.6 Å². The predicted octanol–water partition coefficient (Wildman–Crippen LogP) is 5.17. The molecule has 0 saturated carbocycles. The van der Waals surface area contributed by atoms with Crippen molar-refractivity contribution < 1.29 is 24.0 Å². The van der Waals surface area contributed by atoms with Crippen LogP contribution < -0.4 is 9.47 Å². The van der Waals surface area contributed by atoms with E-state index in [0.717, 1.165) is 16.7 Å². The van der Waals surface area contributed by atoms with Crippen LogP contribution in [0.5, 0.6) is 11.5 Å². The number of rotatable bonds is 8. The van der Waals surface area contributed by atoms with Crippen molar-refractivity contribution in [3.8, 4) is 11.5 Å². The van der Waals surface area contributed by atoms with Gasteiger partial charge >= 0.3 is 0 Å². The molecule has 0 aromatic heterocycles. The second kappa shape index (κ2) is 9.80. The summed E-state index contributed by atoms with van der Waals surface area (Å²) in [5, 5.41) is 10.5. The molecule has 1 heterocycles. The highest BCUT2D eigenvalue weighted by Crippen LogP contribution is 2.38. The van der Waals surface area contributed by atoms with E-state index in [9.17, 15) is 19.7 Å². The topological polar surface area (TPSA) is 99.0 Å². The summed E-state index contributed by atoms with van der Waals surface area (Å²) in [5.74, 6) is 0.497. The predicted molar refractivity (Wildman–Crippen MR) is 121 cm³/mol. The zero-order valence-corrected chi connectivity index (χ0v) is 18.8. The number of ether oxygens (including phenoxy) is 2. The summed E-state index contributed by atoms with van der Waals surface area (Å²) in [5.41, 5.74) is 1.02. The molecule has 1 aliphatic heterocycles. The summed E-state index contributed by atoms with van der Waals surface area (Å²) >= 11 is 4.25. The van der Waals surface area contributed by atoms with Gasteiger partial charge in [0.2, 0.25) is 0 Å². The van der Waals surface area contributed by atoms with Crippen molar-refractivity contribution in [2.45, 2.75) is 6.54 Å². The SMILES string of the molecule is C=CCOc1cc(Br)c(/C=C2/SC(=O)N(Cc3cccc([N+](=O)[O-])c3)C2=O)cc1OC. The second-order valence-electron chi connectivity index (χ2n) is 6.32. The van der Waals surface area contributed by atoms with Gasteiger partial charge in [-0.15, -0.1) is 0 Å². The molecule has 3 rings (SSSR count). The van der Waals surface area contributed by atoms with Crippen LogP contribution in [0.15, 0.2) is 58.4 Å². The average Bonchev–Trinajstić information content (AvgIpc) is 3.01. The molecule has 0 bridgehead atoms. The number of hydrogen-bond donors (Lipinski definition) is 0. The molecule has 2 aromatic rings. The van der Waals surface area contributed by atoms with Crippen LogP contribution in [-0.4, -0.2) is 34.7 Å². The van der Waals surface area contributed by atoms with Crippen molar-refractivity contribution in [2.24, 2.45) is 0 Å². The van der Waals surface area contributed by atoms with Crippen LogP contribution in [-0.2, 0) is 11.3 Å². The molecule has 2 amide bonds. The minimum absolute atomic E-state index is 0.0531. The number of hydrogen-bond acceptors (Lipinski definition) is 7. The Balaban J connectivity index is 1.85. The van der Waals surface area contributed by atoms with Crippen LogP contribution in [0.4, 0.5) is 10.5 Å². The molecule has 1 fully saturated rings. The Bertz CT molecular complexity index is 1100. The minimum atomic E-state index is -0.523. The zero-order chi connectivity index (χ0) is 22.5. The van der Waals surface area contributed by atoms with E-state index < -0.39 is 16.1 Å². The quantitative estimate of drug-likeness (QED) is 0.211. The van der Waals surface area contributed by atoms with E-state index in [2.05, 4.69) is 22.5 Å². The van der Waals surface area contributed by atoms with E-state index in [1.165, 1.54) is 25.3 Å². The van der Waals surface area contributed by atoms with Gasteiger partial charge in [-0.2, -0.15) is 0 Å². The molecule has 2 aromatic carbocycles. The number of nitro benzene ring substituents is 1. The Kier molecular flexibility index (Phi) is 7.13. The maximum atomic E-state index is 12.8. The van der Waals surface area contributed by atoms with Crippen LogP contribution >= 0.6 is 27.7 Å². The third-order valence-corrected chi connectivity index (χ3v) is 5.86. The van der Waals surface area contributed by atoms with Crippen molar-refractivity contribution in [2.75, 3.05) is 13.7 Å². The first-order valence-corrected chi connectivity index (χ1v) is 10.5. The summed E-state index contributed by atoms with van der Waals surface area (Å²) < 4.78 is 11.6. The van der Waals surface area contributed by atoms with E-state index >= 15 is 0 Å². The fourth-order valence-corrected chi connectivity index (χ4v) is 4.08. The maximum absolute atomic E-state index is 12.8. The van der Waals surface area contributed by atoms with Crippen LogP contribution in [0.25, 0.3) is 6.08 Å². The normalized spacial score (nSPS) is 14.8. The molecule has 0 spiro atoms. The Labute approximate surface area is 190 Å². The van der Waals surface area contributed by atoms with E-state index in [0.29, 0.717) is 33.7 Å². The van der Waals surface area contributed by atoms with Crippen molar-refractivity contribution in [1.82, 2.24) is 4.90 Å². The fourth-order valence-electron chi connectivity index (χ4n) is 2.81. The summed E-state index contributed by atoms with van der Waals surface area (Å²) in [6, 6.07) is 9.24. The highest BCUT2D eigenvalue weighted by atomic mass is 79.9. The zero-order valence-electron chi connectivity index (χ0n) is 16.4. The van der Waals surface area contributed by atoms with E-state index in [1.807, 2.05) is 0 Å². The minimum Gasteiger partial charge on any atom is -0.493 e. The number of non-ortho nitro benzene ring substituents is 1. The molecule has 1 saturated heterocycles. The number of amides is 2. The van der Waals surface area contributed by atoms with E-state index in [-0.39, 0.29) is 17.1 Å². The molecule has 0 atom stereocenters. The lowest BCUT2D eigenvalue weighted by Gasteiger charge is -2.13. The molecular formula is C21H17BrN2O6S. The van der Waals surface area contributed by atoms with Crippen LogP contribution in [0.3, 0.4) is 0 Å². The summed E-state index contributed by atoms with van der Waals surface area (Å²) in [7, 11) is 1.50. The van der Waals surface area contributed by atoms with Gasteiger partial charge in [0.15, 0.2) is 11.5 Å². The number of imide groups is 1. The van der Waals surface area contributed by atoms with Crippen LogP contribution in [0.1, 0.15) is 11.1 Å². The second-order valence-corrected chi connectivity index (χ2v) is 8.17. The lowest BCUT2D eigenvalue weighted by molar-refractivity contribution is -0.384. The number of benzene rings is 2. The van der Waals surface area contributed by atoms with Gasteiger partial charge in [-0.25, -0.2) is 0 Å². The standard InChI is InChI=1S/C21H17BrN2O6S/c1-3-7-30-18-11-16(22)14(9-17(18)29-2)10-19-20(25)23(21(26)31-19)12-13-5-4-6-15(8-13)24(27)28/h3-6,8-11H,1,7,12H2,2H3/b19-10+. The van der Waals surface area contributed by atoms with Gasteiger partial charge in [-0.05, 0) is 41.1 Å². The monoisotopic (exact) mass is 504 g/mol. The average molecular weight is 505 g/mol. The lowest BCUT2D eigenvalue weighted by atomic mass is 10.1. The number of halogens is 1. The van der Waals surface area contributed by atoms with Gasteiger partial charge in [-0.1, -0.05) is 40.7 Å². The van der Waals surface area contributed by atoms with E-state index in [4.69, 9.17) is 9.47 Å². The molecule has 1 aliphatic rings. The number of nitrogens with zero attached hydrogens (tertiary/aromatic N) is 2. The molecule has 0 radical (unpaired) electrons. The van der Waals surface area contributed by atoms with Gasteiger partial charge in [0.25, 0.3) is 16.8 Å². The Morgan fingerprint density at radius 1 is 1.26 bits per heavy atom. The van der Waals surface area contributed by atoms with Crippen molar-refractivity contribution in [3.05, 3.63) is 79.7 Å². The summed E-state index contributed by atoms with van der Waals surface area (Å²) in [4.78, 5) is 37.0. The van der Waals surface area contributed by atoms with Crippen molar-refractivity contribution in [1.29, 1.82) is 0 Å². The molecule has 10 heteroatoms. The maximum Gasteiger partial charge on any atom is 0.293 e. The largest absolute Gasteiger partial charge is 0.493 e. The molecule has 31 heavy (non-hydrogen) atoms. The lowest BCUT2D eigenvalue weighted by Crippen LogP contribution is -2.27. The smallest absolute Gasteiger partial charge is 0.293 e. The van der Waals surface area contributed by atoms with Gasteiger partial charge in [0.1, 0.15) is 6.61 Å². The third kappa shape index (κ3) is 5.15. The highest BCUT2D eigenvalue weighted by molar-refractivity contribution is 9.10. The fraction of sp³-hybridized carbons (Fsp3) is 0.143. The molecule has 160 valence electrons. The molecule has 8 nitrogen and oxygen atoms in total. The molecular weight excluding hydrogens is 488 g/mol. The van der Waals surface area contributed by atoms with E-state index in [1.54, 1.807) is 30.4 Å². The van der Waals surface area contributed by atoms with Gasteiger partial charge < -0.3 is 9.47 Å². The van der Waals surface area contributed by atoms with Gasteiger partial charge in [0.05, 0.1) is 23.5 Å². The molecule has 0 unspecified atom stereocenters. The number of carbonyl (C=O) groups is 2. The van der Waals surface area contributed by atoms with Crippen LogP contribution in [0, 0.1) is 10.1 Å². The number of nitro groups is 1.